The second-order valence-corrected chi connectivity index (χ2v) is 6.83. The van der Waals surface area contributed by atoms with Gasteiger partial charge in [0.2, 0.25) is 0 Å². The lowest BCUT2D eigenvalue weighted by atomic mass is 10.1. The van der Waals surface area contributed by atoms with Crippen molar-refractivity contribution in [2.45, 2.75) is 26.2 Å². The summed E-state index contributed by atoms with van der Waals surface area (Å²) in [6, 6.07) is 5.47. The van der Waals surface area contributed by atoms with Gasteiger partial charge in [-0.15, -0.1) is 0 Å². The maximum atomic E-state index is 11.4. The van der Waals surface area contributed by atoms with Crippen molar-refractivity contribution in [2.24, 2.45) is 0 Å². The van der Waals surface area contributed by atoms with Gasteiger partial charge < -0.3 is 9.47 Å². The van der Waals surface area contributed by atoms with E-state index < -0.39 is 0 Å². The van der Waals surface area contributed by atoms with Gasteiger partial charge in [-0.1, -0.05) is 31.9 Å². The Morgan fingerprint density at radius 1 is 1.30 bits per heavy atom. The highest BCUT2D eigenvalue weighted by atomic mass is 79.9. The van der Waals surface area contributed by atoms with Crippen LogP contribution < -0.4 is 4.74 Å². The van der Waals surface area contributed by atoms with Crippen LogP contribution in [0.25, 0.3) is 5.76 Å². The third-order valence-corrected chi connectivity index (χ3v) is 3.53. The van der Waals surface area contributed by atoms with Crippen molar-refractivity contribution in [2.75, 3.05) is 13.7 Å². The molecule has 0 saturated heterocycles. The Balaban J connectivity index is 3.04. The van der Waals surface area contributed by atoms with Crippen molar-refractivity contribution in [3.8, 4) is 5.75 Å². The summed E-state index contributed by atoms with van der Waals surface area (Å²) in [5, 5.41) is 0. The second kappa shape index (κ2) is 9.19. The first-order valence-corrected chi connectivity index (χ1v) is 8.04. The van der Waals surface area contributed by atoms with Crippen molar-refractivity contribution in [1.29, 1.82) is 0 Å². The molecule has 0 bridgehead atoms. The van der Waals surface area contributed by atoms with E-state index in [4.69, 9.17) is 9.47 Å². The Kier molecular flexibility index (Phi) is 7.92. The van der Waals surface area contributed by atoms with E-state index in [9.17, 15) is 4.79 Å². The maximum absolute atomic E-state index is 11.4. The summed E-state index contributed by atoms with van der Waals surface area (Å²) in [6.45, 7) is 2.75. The monoisotopic (exact) mass is 404 g/mol. The fourth-order valence-corrected chi connectivity index (χ4v) is 2.56. The summed E-state index contributed by atoms with van der Waals surface area (Å²) in [7, 11) is 1.56. The molecule has 110 valence electrons. The molecule has 0 aliphatic carbocycles. The number of carbonyl (C=O) groups excluding carboxylic acids is 1. The molecule has 0 aliphatic rings. The highest BCUT2D eigenvalue weighted by molar-refractivity contribution is 9.28. The minimum Gasteiger partial charge on any atom is -0.494 e. The van der Waals surface area contributed by atoms with E-state index in [1.807, 2.05) is 12.1 Å². The molecule has 3 nitrogen and oxygen atoms in total. The number of rotatable bonds is 8. The van der Waals surface area contributed by atoms with Crippen LogP contribution in [-0.2, 0) is 4.74 Å². The summed E-state index contributed by atoms with van der Waals surface area (Å²) in [4.78, 5) is 11.4. The van der Waals surface area contributed by atoms with Gasteiger partial charge in [0.25, 0.3) is 0 Å². The molecule has 0 heterocycles. The van der Waals surface area contributed by atoms with Gasteiger partial charge in [0.1, 0.15) is 14.9 Å². The molecule has 5 heteroatoms. The molecule has 20 heavy (non-hydrogen) atoms. The predicted molar refractivity (Wildman–Crippen MR) is 88.6 cm³/mol. The van der Waals surface area contributed by atoms with Crippen molar-refractivity contribution in [1.82, 2.24) is 0 Å². The van der Waals surface area contributed by atoms with Gasteiger partial charge in [-0.05, 0) is 44.3 Å². The lowest BCUT2D eigenvalue weighted by Gasteiger charge is -2.13. The number of benzene rings is 1. The number of carbonyl (C=O) groups is 1. The van der Waals surface area contributed by atoms with Crippen LogP contribution in [0.2, 0.25) is 0 Å². The summed E-state index contributed by atoms with van der Waals surface area (Å²) < 4.78 is 11.7. The number of ether oxygens (including phenoxy) is 2. The van der Waals surface area contributed by atoms with E-state index in [0.29, 0.717) is 32.6 Å². The first-order chi connectivity index (χ1) is 9.65. The lowest BCUT2D eigenvalue weighted by molar-refractivity contribution is 0.111. The van der Waals surface area contributed by atoms with Gasteiger partial charge in [-0.3, -0.25) is 4.79 Å². The molecule has 1 aromatic carbocycles. The number of methoxy groups -OCH3 is 1. The van der Waals surface area contributed by atoms with E-state index in [1.165, 1.54) is 0 Å². The molecule has 0 radical (unpaired) electrons. The Morgan fingerprint density at radius 2 is 2.05 bits per heavy atom. The first-order valence-electron chi connectivity index (χ1n) is 6.46. The van der Waals surface area contributed by atoms with E-state index in [0.717, 1.165) is 25.5 Å². The zero-order chi connectivity index (χ0) is 15.0. The average Bonchev–Trinajstić information content (AvgIpc) is 2.44. The molecule has 0 fully saturated rings. The van der Waals surface area contributed by atoms with Gasteiger partial charge in [0.15, 0.2) is 6.29 Å². The molecule has 0 N–H and O–H groups in total. The molecular formula is C15H18Br2O3. The fourth-order valence-electron chi connectivity index (χ4n) is 1.81. The van der Waals surface area contributed by atoms with Gasteiger partial charge in [0.05, 0.1) is 19.3 Å². The fraction of sp³-hybridized carbons (Fsp3) is 0.400. The predicted octanol–water partition coefficient (Wildman–Crippen LogP) is 5.13. The van der Waals surface area contributed by atoms with E-state index in [1.54, 1.807) is 13.2 Å². The Bertz CT molecular complexity index is 480. The van der Waals surface area contributed by atoms with Gasteiger partial charge in [0, 0.05) is 5.56 Å². The van der Waals surface area contributed by atoms with Crippen LogP contribution in [0.3, 0.4) is 0 Å². The topological polar surface area (TPSA) is 35.5 Å². The molecule has 0 spiro atoms. The van der Waals surface area contributed by atoms with Gasteiger partial charge in [-0.25, -0.2) is 0 Å². The molecule has 0 aliphatic heterocycles. The normalized spacial score (nSPS) is 10.0. The van der Waals surface area contributed by atoms with Crippen LogP contribution in [0.5, 0.6) is 5.75 Å². The summed E-state index contributed by atoms with van der Waals surface area (Å²) in [6.07, 6.45) is 4.03. The standard InChI is InChI=1S/C15H18Br2O3/c1-3-4-5-9-20-13-8-6-7-11(12(13)10-18)14(19-2)15(16)17/h6-8,10H,3-5,9H2,1-2H3. The summed E-state index contributed by atoms with van der Waals surface area (Å²) in [5.74, 6) is 1.15. The minimum absolute atomic E-state index is 0.497. The zero-order valence-electron chi connectivity index (χ0n) is 11.6. The molecule has 1 aromatic rings. The number of unbranched alkanes of at least 4 members (excludes halogenated alkanes) is 2. The largest absolute Gasteiger partial charge is 0.494 e. The summed E-state index contributed by atoms with van der Waals surface area (Å²) in [5.41, 5.74) is 1.19. The molecule has 0 saturated carbocycles. The van der Waals surface area contributed by atoms with Crippen molar-refractivity contribution < 1.29 is 14.3 Å². The Hall–Kier alpha value is -0.810. The Labute approximate surface area is 136 Å². The smallest absolute Gasteiger partial charge is 0.154 e. The minimum atomic E-state index is 0.497. The SMILES string of the molecule is CCCCCOc1cccc(C(OC)=C(Br)Br)c1C=O. The third kappa shape index (κ3) is 4.63. The zero-order valence-corrected chi connectivity index (χ0v) is 14.8. The van der Waals surface area contributed by atoms with Gasteiger partial charge in [-0.2, -0.15) is 0 Å². The molecule has 0 amide bonds. The highest BCUT2D eigenvalue weighted by Gasteiger charge is 2.15. The van der Waals surface area contributed by atoms with Crippen LogP contribution in [0.1, 0.15) is 42.1 Å². The van der Waals surface area contributed by atoms with E-state index in [-0.39, 0.29) is 0 Å². The van der Waals surface area contributed by atoms with Crippen LogP contribution in [0, 0.1) is 0 Å². The molecule has 0 atom stereocenters. The maximum Gasteiger partial charge on any atom is 0.154 e. The first kappa shape index (κ1) is 17.2. The second-order valence-electron chi connectivity index (χ2n) is 4.18. The molecule has 1 rings (SSSR count). The number of hydrogen-bond acceptors (Lipinski definition) is 3. The quantitative estimate of drug-likeness (QED) is 0.341. The third-order valence-electron chi connectivity index (χ3n) is 2.81. The van der Waals surface area contributed by atoms with Crippen LogP contribution in [0.15, 0.2) is 21.6 Å². The Morgan fingerprint density at radius 3 is 2.60 bits per heavy atom. The van der Waals surface area contributed by atoms with Crippen LogP contribution in [0.4, 0.5) is 0 Å². The molecule has 0 aromatic heterocycles. The highest BCUT2D eigenvalue weighted by Crippen LogP contribution is 2.33. The van der Waals surface area contributed by atoms with Crippen molar-refractivity contribution in [3.63, 3.8) is 0 Å². The number of halogens is 2. The van der Waals surface area contributed by atoms with Crippen LogP contribution >= 0.6 is 31.9 Å². The molecule has 0 unspecified atom stereocenters. The van der Waals surface area contributed by atoms with E-state index >= 15 is 0 Å². The number of aldehydes is 1. The average molecular weight is 406 g/mol. The van der Waals surface area contributed by atoms with Gasteiger partial charge >= 0.3 is 0 Å². The van der Waals surface area contributed by atoms with Crippen molar-refractivity contribution in [3.05, 3.63) is 32.7 Å². The van der Waals surface area contributed by atoms with Crippen LogP contribution in [-0.4, -0.2) is 20.0 Å². The molecular weight excluding hydrogens is 388 g/mol. The van der Waals surface area contributed by atoms with Crippen molar-refractivity contribution >= 4 is 43.9 Å². The lowest BCUT2D eigenvalue weighted by Crippen LogP contribution is -2.03. The van der Waals surface area contributed by atoms with E-state index in [2.05, 4.69) is 38.8 Å². The summed E-state index contributed by atoms with van der Waals surface area (Å²) >= 11 is 6.63. The number of hydrogen-bond donors (Lipinski definition) is 0.